The number of H-pyrrole nitrogens is 1. The number of imidazole rings is 1. The zero-order valence-corrected chi connectivity index (χ0v) is 11.0. The van der Waals surface area contributed by atoms with Gasteiger partial charge in [-0.3, -0.25) is 4.79 Å². The first-order valence-electron chi connectivity index (χ1n) is 6.66. The monoisotopic (exact) mass is 275 g/mol. The van der Waals surface area contributed by atoms with Crippen molar-refractivity contribution in [2.75, 3.05) is 17.2 Å². The molecule has 8 heteroatoms. The summed E-state index contributed by atoms with van der Waals surface area (Å²) in [4.78, 5) is 28.8. The zero-order valence-electron chi connectivity index (χ0n) is 11.0. The Bertz CT molecular complexity index is 632. The van der Waals surface area contributed by atoms with Crippen LogP contribution in [-0.2, 0) is 4.79 Å². The van der Waals surface area contributed by atoms with Crippen LogP contribution in [0.1, 0.15) is 25.7 Å². The summed E-state index contributed by atoms with van der Waals surface area (Å²) < 4.78 is 0. The van der Waals surface area contributed by atoms with E-state index >= 15 is 0 Å². The van der Waals surface area contributed by atoms with Crippen molar-refractivity contribution in [3.05, 3.63) is 6.33 Å². The fraction of sp³-hybridized carbons (Fsp3) is 0.500. The van der Waals surface area contributed by atoms with E-state index in [0.29, 0.717) is 17.0 Å². The van der Waals surface area contributed by atoms with E-state index in [1.807, 2.05) is 4.90 Å². The highest BCUT2D eigenvalue weighted by molar-refractivity contribution is 5.87. The van der Waals surface area contributed by atoms with E-state index in [0.717, 1.165) is 25.7 Å². The van der Waals surface area contributed by atoms with Crippen molar-refractivity contribution in [2.24, 2.45) is 5.73 Å². The number of rotatable bonds is 4. The third-order valence-electron chi connectivity index (χ3n) is 3.65. The molecule has 0 aromatic carbocycles. The number of primary amides is 1. The van der Waals surface area contributed by atoms with Crippen molar-refractivity contribution >= 4 is 28.8 Å². The summed E-state index contributed by atoms with van der Waals surface area (Å²) in [6.07, 6.45) is 5.87. The van der Waals surface area contributed by atoms with Gasteiger partial charge in [0.1, 0.15) is 5.52 Å². The van der Waals surface area contributed by atoms with Gasteiger partial charge in [0.25, 0.3) is 0 Å². The van der Waals surface area contributed by atoms with Crippen LogP contribution in [0.25, 0.3) is 11.2 Å². The van der Waals surface area contributed by atoms with Crippen molar-refractivity contribution in [2.45, 2.75) is 31.7 Å². The second-order valence-corrected chi connectivity index (χ2v) is 5.04. The lowest BCUT2D eigenvalue weighted by molar-refractivity contribution is -0.116. The van der Waals surface area contributed by atoms with Crippen LogP contribution in [0.3, 0.4) is 0 Å². The molecule has 1 aliphatic carbocycles. The number of hydrogen-bond donors (Lipinski definition) is 3. The molecule has 0 atom stereocenters. The second-order valence-electron chi connectivity index (χ2n) is 5.04. The topological polar surface area (TPSA) is 127 Å². The number of fused-ring (bicyclic) bond motifs is 1. The van der Waals surface area contributed by atoms with Gasteiger partial charge in [0.05, 0.1) is 12.9 Å². The molecule has 3 rings (SSSR count). The maximum Gasteiger partial charge on any atom is 0.237 e. The van der Waals surface area contributed by atoms with Crippen LogP contribution in [0.15, 0.2) is 6.33 Å². The molecule has 0 radical (unpaired) electrons. The van der Waals surface area contributed by atoms with Gasteiger partial charge >= 0.3 is 0 Å². The number of aromatic nitrogens is 4. The molecule has 1 saturated carbocycles. The summed E-state index contributed by atoms with van der Waals surface area (Å²) in [5.74, 6) is 0.365. The van der Waals surface area contributed by atoms with Gasteiger partial charge in [0, 0.05) is 6.04 Å². The van der Waals surface area contributed by atoms with Gasteiger partial charge in [0.2, 0.25) is 11.9 Å². The fourth-order valence-electron chi connectivity index (χ4n) is 2.80. The molecule has 1 fully saturated rings. The highest BCUT2D eigenvalue weighted by Crippen LogP contribution is 2.30. The molecule has 0 spiro atoms. The molecule has 8 nitrogen and oxygen atoms in total. The summed E-state index contributed by atoms with van der Waals surface area (Å²) >= 11 is 0. The molecule has 2 aromatic heterocycles. The van der Waals surface area contributed by atoms with E-state index in [2.05, 4.69) is 19.9 Å². The van der Waals surface area contributed by atoms with Crippen LogP contribution < -0.4 is 16.4 Å². The Hall–Kier alpha value is -2.38. The Morgan fingerprint density at radius 3 is 2.85 bits per heavy atom. The largest absolute Gasteiger partial charge is 0.368 e. The van der Waals surface area contributed by atoms with Gasteiger partial charge < -0.3 is 21.4 Å². The average molecular weight is 275 g/mol. The summed E-state index contributed by atoms with van der Waals surface area (Å²) in [6.45, 7) is 0.120. The average Bonchev–Trinajstić information content (AvgIpc) is 3.05. The first-order chi connectivity index (χ1) is 9.65. The third-order valence-corrected chi connectivity index (χ3v) is 3.65. The predicted molar refractivity (Wildman–Crippen MR) is 74.9 cm³/mol. The second kappa shape index (κ2) is 4.95. The van der Waals surface area contributed by atoms with Gasteiger partial charge in [-0.2, -0.15) is 9.97 Å². The van der Waals surface area contributed by atoms with Gasteiger partial charge in [-0.05, 0) is 12.8 Å². The summed E-state index contributed by atoms with van der Waals surface area (Å²) in [6, 6.07) is 0.253. The van der Waals surface area contributed by atoms with E-state index in [-0.39, 0.29) is 24.4 Å². The quantitative estimate of drug-likeness (QED) is 0.730. The van der Waals surface area contributed by atoms with Crippen molar-refractivity contribution in [1.29, 1.82) is 0 Å². The van der Waals surface area contributed by atoms with E-state index in [4.69, 9.17) is 11.5 Å². The fourth-order valence-corrected chi connectivity index (χ4v) is 2.80. The van der Waals surface area contributed by atoms with Crippen molar-refractivity contribution in [3.8, 4) is 0 Å². The van der Waals surface area contributed by atoms with Crippen molar-refractivity contribution in [3.63, 3.8) is 0 Å². The van der Waals surface area contributed by atoms with Crippen LogP contribution in [0.2, 0.25) is 0 Å². The minimum Gasteiger partial charge on any atom is -0.368 e. The maximum absolute atomic E-state index is 11.4. The molecule has 2 heterocycles. The van der Waals surface area contributed by atoms with E-state index in [1.54, 1.807) is 6.33 Å². The highest BCUT2D eigenvalue weighted by atomic mass is 16.1. The first kappa shape index (κ1) is 12.6. The van der Waals surface area contributed by atoms with Gasteiger partial charge in [-0.25, -0.2) is 4.98 Å². The molecule has 20 heavy (non-hydrogen) atoms. The van der Waals surface area contributed by atoms with Gasteiger partial charge in [-0.15, -0.1) is 0 Å². The number of anilines is 2. The van der Waals surface area contributed by atoms with Crippen LogP contribution in [0, 0.1) is 0 Å². The lowest BCUT2D eigenvalue weighted by Crippen LogP contribution is -2.41. The molecule has 0 bridgehead atoms. The van der Waals surface area contributed by atoms with Gasteiger partial charge in [0.15, 0.2) is 11.5 Å². The van der Waals surface area contributed by atoms with Crippen LogP contribution in [-0.4, -0.2) is 38.4 Å². The normalized spacial score (nSPS) is 15.8. The highest BCUT2D eigenvalue weighted by Gasteiger charge is 2.27. The molecule has 106 valence electrons. The third kappa shape index (κ3) is 2.24. The number of hydrogen-bond acceptors (Lipinski definition) is 6. The molecule has 5 N–H and O–H groups in total. The van der Waals surface area contributed by atoms with E-state index in [9.17, 15) is 4.79 Å². The van der Waals surface area contributed by atoms with E-state index < -0.39 is 0 Å². The number of nitrogens with two attached hydrogens (primary N) is 2. The number of nitrogen functional groups attached to an aromatic ring is 1. The van der Waals surface area contributed by atoms with Crippen LogP contribution in [0.5, 0.6) is 0 Å². The minimum atomic E-state index is -0.387. The first-order valence-corrected chi connectivity index (χ1v) is 6.66. The number of aromatic amines is 1. The number of nitrogens with zero attached hydrogens (tertiary/aromatic N) is 4. The smallest absolute Gasteiger partial charge is 0.237 e. The molecule has 1 aliphatic rings. The SMILES string of the molecule is NC(=O)CN(c1nc(N)nc2nc[nH]c12)C1CCCC1. The number of nitrogens with one attached hydrogen (secondary N) is 1. The number of amides is 1. The van der Waals surface area contributed by atoms with Crippen LogP contribution >= 0.6 is 0 Å². The van der Waals surface area contributed by atoms with Gasteiger partial charge in [-0.1, -0.05) is 12.8 Å². The minimum absolute atomic E-state index is 0.120. The Morgan fingerprint density at radius 1 is 1.40 bits per heavy atom. The summed E-state index contributed by atoms with van der Waals surface area (Å²) in [5.41, 5.74) is 12.3. The summed E-state index contributed by atoms with van der Waals surface area (Å²) in [7, 11) is 0. The Morgan fingerprint density at radius 2 is 2.15 bits per heavy atom. The number of carbonyl (C=O) groups excluding carboxylic acids is 1. The molecular weight excluding hydrogens is 258 g/mol. The van der Waals surface area contributed by atoms with E-state index in [1.165, 1.54) is 0 Å². The Kier molecular flexibility index (Phi) is 3.13. The predicted octanol–water partition coefficient (Wildman–Crippen LogP) is 0.169. The molecule has 0 saturated heterocycles. The van der Waals surface area contributed by atoms with Crippen molar-refractivity contribution in [1.82, 2.24) is 19.9 Å². The zero-order chi connectivity index (χ0) is 14.1. The molecule has 0 unspecified atom stereocenters. The Labute approximate surface area is 115 Å². The molecule has 2 aromatic rings. The lowest BCUT2D eigenvalue weighted by atomic mass is 10.2. The Balaban J connectivity index is 2.07. The standard InChI is InChI=1S/C12H17N7O/c13-8(20)5-19(7-3-1-2-4-7)11-9-10(16-6-15-9)17-12(14)18-11/h6-7H,1-5H2,(H2,13,20)(H3,14,15,16,17,18). The molecule has 0 aliphatic heterocycles. The lowest BCUT2D eigenvalue weighted by Gasteiger charge is -2.29. The van der Waals surface area contributed by atoms with Crippen molar-refractivity contribution < 1.29 is 4.79 Å². The van der Waals surface area contributed by atoms with Crippen LogP contribution in [0.4, 0.5) is 11.8 Å². The maximum atomic E-state index is 11.4. The number of carbonyl (C=O) groups is 1. The molecular formula is C12H17N7O. The molecule has 1 amide bonds. The summed E-state index contributed by atoms with van der Waals surface area (Å²) in [5, 5.41) is 0.